The maximum atomic E-state index is 8.11. The van der Waals surface area contributed by atoms with E-state index in [-0.39, 0.29) is 9.03 Å². The molecular weight excluding hydrogens is 303 g/mol. The average Bonchev–Trinajstić information content (AvgIpc) is 2.20. The van der Waals surface area contributed by atoms with E-state index in [2.05, 4.69) is 0 Å². The van der Waals surface area contributed by atoms with E-state index >= 15 is 0 Å². The molecule has 0 radical (unpaired) electrons. The SMILES string of the molecule is NC[CH](N)[Pd][CH](N)CN.O=NO.O=NO. The Bertz CT molecular complexity index is 126. The number of nitrogens with zero attached hydrogens (tertiary/aromatic N) is 2. The maximum Gasteiger partial charge on any atom is 0.152 e. The molecule has 2 atom stereocenters. The molecule has 0 saturated heterocycles. The van der Waals surface area contributed by atoms with E-state index in [0.717, 1.165) is 0 Å². The van der Waals surface area contributed by atoms with Gasteiger partial charge in [0.25, 0.3) is 0 Å². The van der Waals surface area contributed by atoms with Crippen LogP contribution in [0.4, 0.5) is 0 Å². The Morgan fingerprint density at radius 2 is 1.20 bits per heavy atom. The van der Waals surface area contributed by atoms with Gasteiger partial charge < -0.3 is 10.4 Å². The second-order valence-electron chi connectivity index (χ2n) is 1.68. The molecule has 0 saturated carbocycles. The molecule has 0 bridgehead atoms. The van der Waals surface area contributed by atoms with Gasteiger partial charge >= 0.3 is 63.0 Å². The van der Waals surface area contributed by atoms with Gasteiger partial charge in [0.2, 0.25) is 0 Å². The molecule has 0 amide bonds. The molecule has 2 unspecified atom stereocenters. The van der Waals surface area contributed by atoms with Gasteiger partial charge in [-0.3, -0.25) is 0 Å². The number of nitrogens with two attached hydrogens (primary N) is 4. The van der Waals surface area contributed by atoms with Crippen molar-refractivity contribution in [2.24, 2.45) is 33.6 Å². The van der Waals surface area contributed by atoms with Crippen molar-refractivity contribution in [3.05, 3.63) is 9.81 Å². The van der Waals surface area contributed by atoms with Crippen LogP contribution in [0.2, 0.25) is 0 Å². The predicted octanol–water partition coefficient (Wildman–Crippen LogP) is -2.16. The zero-order chi connectivity index (χ0) is 12.7. The summed E-state index contributed by atoms with van der Waals surface area (Å²) in [4.78, 5) is 16.2. The number of hydrogen-bond donors (Lipinski definition) is 6. The Morgan fingerprint density at radius 1 is 1.00 bits per heavy atom. The van der Waals surface area contributed by atoms with Gasteiger partial charge in [-0.25, -0.2) is 0 Å². The zero-order valence-corrected chi connectivity index (χ0v) is 9.35. The van der Waals surface area contributed by atoms with Crippen LogP contribution in [-0.2, 0) is 18.0 Å². The molecule has 0 aliphatic heterocycles. The van der Waals surface area contributed by atoms with E-state index in [1.807, 2.05) is 0 Å². The predicted molar refractivity (Wildman–Crippen MR) is 49.2 cm³/mol. The van der Waals surface area contributed by atoms with Crippen LogP contribution in [0, 0.1) is 9.81 Å². The Labute approximate surface area is 94.4 Å². The maximum absolute atomic E-state index is 8.11. The fourth-order valence-corrected chi connectivity index (χ4v) is 1.54. The minimum absolute atomic E-state index is 0.0533. The smallest absolute Gasteiger partial charge is 0.152 e. The minimum atomic E-state index is 0.0533. The van der Waals surface area contributed by atoms with Crippen LogP contribution < -0.4 is 22.9 Å². The third-order valence-electron chi connectivity index (χ3n) is 0.692. The molecule has 96 valence electrons. The van der Waals surface area contributed by atoms with Crippen molar-refractivity contribution in [1.29, 1.82) is 0 Å². The molecule has 10 N–H and O–H groups in total. The molecule has 0 rings (SSSR count). The van der Waals surface area contributed by atoms with Gasteiger partial charge in [-0.1, -0.05) is 0 Å². The summed E-state index contributed by atoms with van der Waals surface area (Å²) in [6.45, 7) is 1.00. The Balaban J connectivity index is -0.000000200. The molecule has 0 spiro atoms. The molecule has 10 nitrogen and oxygen atoms in total. The van der Waals surface area contributed by atoms with Crippen LogP contribution in [0.15, 0.2) is 10.7 Å². The second-order valence-corrected chi connectivity index (χ2v) is 4.50. The largest absolute Gasteiger partial charge is 0.379 e. The Kier molecular flexibility index (Phi) is 25.1. The van der Waals surface area contributed by atoms with E-state index in [1.165, 1.54) is 10.7 Å². The molecule has 0 aliphatic carbocycles. The first-order chi connectivity index (χ1) is 7.03. The third-order valence-corrected chi connectivity index (χ3v) is 2.76. The molecule has 0 fully saturated rings. The van der Waals surface area contributed by atoms with Crippen molar-refractivity contribution < 1.29 is 28.4 Å². The Morgan fingerprint density at radius 3 is 1.33 bits per heavy atom. The van der Waals surface area contributed by atoms with Crippen molar-refractivity contribution >= 4 is 0 Å². The Hall–Kier alpha value is -0.698. The molecule has 0 aromatic rings. The van der Waals surface area contributed by atoms with Crippen LogP contribution in [-0.4, -0.2) is 32.5 Å². The van der Waals surface area contributed by atoms with Crippen molar-refractivity contribution in [2.75, 3.05) is 13.1 Å². The molecule has 11 heteroatoms. The summed E-state index contributed by atoms with van der Waals surface area (Å²) >= 11 is 0.301. The molecule has 0 aromatic carbocycles. The summed E-state index contributed by atoms with van der Waals surface area (Å²) in [7, 11) is 0. The van der Waals surface area contributed by atoms with E-state index in [0.29, 0.717) is 31.1 Å². The summed E-state index contributed by atoms with van der Waals surface area (Å²) in [5.41, 5.74) is 21.6. The van der Waals surface area contributed by atoms with Gasteiger partial charge in [0.1, 0.15) is 0 Å². The van der Waals surface area contributed by atoms with Gasteiger partial charge in [-0.15, -0.1) is 9.81 Å². The topological polar surface area (TPSA) is 203 Å². The average molecular weight is 319 g/mol. The summed E-state index contributed by atoms with van der Waals surface area (Å²) in [6.07, 6.45) is 0. The van der Waals surface area contributed by atoms with Crippen molar-refractivity contribution in [2.45, 2.75) is 9.03 Å². The van der Waals surface area contributed by atoms with Crippen LogP contribution in [0.1, 0.15) is 0 Å². The van der Waals surface area contributed by atoms with Gasteiger partial charge in [0.05, 0.1) is 0 Å². The minimum Gasteiger partial charge on any atom is -0.379 e. The van der Waals surface area contributed by atoms with Crippen LogP contribution in [0.5, 0.6) is 0 Å². The van der Waals surface area contributed by atoms with Crippen LogP contribution in [0.3, 0.4) is 0 Å². The fourth-order valence-electron chi connectivity index (χ4n) is 0.260. The third kappa shape index (κ3) is 31.9. The first-order valence-corrected chi connectivity index (χ1v) is 5.23. The van der Waals surface area contributed by atoms with Gasteiger partial charge in [-0.05, 0) is 0 Å². The number of rotatable bonds is 4. The summed E-state index contributed by atoms with van der Waals surface area (Å²) in [5, 5.41) is 15.8. The normalized spacial score (nSPS) is 12.3. The van der Waals surface area contributed by atoms with Crippen molar-refractivity contribution in [3.8, 4) is 0 Å². The zero-order valence-electron chi connectivity index (χ0n) is 7.80. The first kappa shape index (κ1) is 19.8. The van der Waals surface area contributed by atoms with Crippen LogP contribution in [0.25, 0.3) is 0 Å². The second kappa shape index (κ2) is 19.0. The van der Waals surface area contributed by atoms with Crippen LogP contribution >= 0.6 is 0 Å². The van der Waals surface area contributed by atoms with Gasteiger partial charge in [-0.2, -0.15) is 0 Å². The van der Waals surface area contributed by atoms with Crippen molar-refractivity contribution in [1.82, 2.24) is 0 Å². The van der Waals surface area contributed by atoms with Gasteiger partial charge in [0.15, 0.2) is 10.7 Å². The summed E-state index contributed by atoms with van der Waals surface area (Å²) in [5.74, 6) is 0. The number of hydrogen-bond acceptors (Lipinski definition) is 8. The summed E-state index contributed by atoms with van der Waals surface area (Å²) < 4.78 is 0.107. The van der Waals surface area contributed by atoms with E-state index in [1.54, 1.807) is 0 Å². The molecular formula is C4H16N6O4Pd. The fraction of sp³-hybridized carbons (Fsp3) is 1.00. The molecule has 15 heavy (non-hydrogen) atoms. The molecule has 0 aromatic heterocycles. The summed E-state index contributed by atoms with van der Waals surface area (Å²) in [6, 6.07) is 0. The standard InChI is InChI=1S/2C2H7N2.2HNO2.Pd/c2*3-1-2-4;2*2-1-3;/h2*1H,2-4H2;2*(H,2,3);. The quantitative estimate of drug-likeness (QED) is 0.191. The molecule has 0 heterocycles. The van der Waals surface area contributed by atoms with E-state index in [4.69, 9.17) is 43.2 Å². The van der Waals surface area contributed by atoms with E-state index in [9.17, 15) is 0 Å². The van der Waals surface area contributed by atoms with Crippen molar-refractivity contribution in [3.63, 3.8) is 0 Å². The first-order valence-electron chi connectivity index (χ1n) is 3.43. The van der Waals surface area contributed by atoms with E-state index < -0.39 is 0 Å². The monoisotopic (exact) mass is 318 g/mol. The van der Waals surface area contributed by atoms with Gasteiger partial charge in [0, 0.05) is 0 Å². The molecule has 0 aliphatic rings.